The largest absolute Gasteiger partial charge is 0.356 e. The van der Waals surface area contributed by atoms with Gasteiger partial charge < -0.3 is 10.6 Å². The van der Waals surface area contributed by atoms with Gasteiger partial charge in [0.2, 0.25) is 5.91 Å². The summed E-state index contributed by atoms with van der Waals surface area (Å²) in [5.74, 6) is 1.79. The molecule has 1 saturated carbocycles. The van der Waals surface area contributed by atoms with Crippen molar-refractivity contribution in [3.8, 4) is 0 Å². The Balaban J connectivity index is 1.49. The quantitative estimate of drug-likeness (QED) is 0.860. The second-order valence-corrected chi connectivity index (χ2v) is 6.24. The van der Waals surface area contributed by atoms with E-state index in [0.29, 0.717) is 17.8 Å². The van der Waals surface area contributed by atoms with Gasteiger partial charge in [0, 0.05) is 12.5 Å². The Morgan fingerprint density at radius 3 is 2.60 bits per heavy atom. The van der Waals surface area contributed by atoms with Gasteiger partial charge in [-0.2, -0.15) is 0 Å². The Kier molecular flexibility index (Phi) is 4.36. The number of hydrogen-bond acceptors (Lipinski definition) is 2. The number of amides is 1. The Labute approximate surface area is 121 Å². The van der Waals surface area contributed by atoms with Crippen LogP contribution in [0.4, 0.5) is 0 Å². The molecule has 1 amide bonds. The van der Waals surface area contributed by atoms with Gasteiger partial charge in [0.15, 0.2) is 0 Å². The van der Waals surface area contributed by atoms with E-state index in [1.54, 1.807) is 0 Å². The Hall–Kier alpha value is -1.35. The molecule has 20 heavy (non-hydrogen) atoms. The molecule has 2 fully saturated rings. The van der Waals surface area contributed by atoms with Crippen LogP contribution in [-0.2, 0) is 11.2 Å². The minimum absolute atomic E-state index is 0.279. The first-order chi connectivity index (χ1) is 9.83. The van der Waals surface area contributed by atoms with E-state index in [0.717, 1.165) is 38.9 Å². The van der Waals surface area contributed by atoms with E-state index in [1.165, 1.54) is 12.0 Å². The van der Waals surface area contributed by atoms with Crippen molar-refractivity contribution in [3.63, 3.8) is 0 Å². The van der Waals surface area contributed by atoms with Crippen molar-refractivity contribution < 1.29 is 4.79 Å². The summed E-state index contributed by atoms with van der Waals surface area (Å²) >= 11 is 0. The second kappa shape index (κ2) is 6.40. The standard InChI is InChI=1S/C17H24N2O/c20-17(14-7-4-8-14)19-12-16-11-18-10-15(16)9-13-5-2-1-3-6-13/h1-3,5-6,14-16,18H,4,7-12H2,(H,19,20)/t15-,16+/m1/s1. The number of carbonyl (C=O) groups excluding carboxylic acids is 1. The Bertz CT molecular complexity index is 442. The smallest absolute Gasteiger partial charge is 0.223 e. The molecule has 0 unspecified atom stereocenters. The third kappa shape index (κ3) is 3.21. The molecule has 2 atom stereocenters. The van der Waals surface area contributed by atoms with E-state index in [2.05, 4.69) is 41.0 Å². The molecule has 1 aromatic carbocycles. The average Bonchev–Trinajstić information content (AvgIpc) is 2.83. The van der Waals surface area contributed by atoms with Crippen LogP contribution in [0.3, 0.4) is 0 Å². The Morgan fingerprint density at radius 1 is 1.15 bits per heavy atom. The molecule has 0 spiro atoms. The first kappa shape index (κ1) is 13.6. The van der Waals surface area contributed by atoms with Crippen LogP contribution < -0.4 is 10.6 Å². The van der Waals surface area contributed by atoms with Crippen molar-refractivity contribution >= 4 is 5.91 Å². The van der Waals surface area contributed by atoms with Gasteiger partial charge in [0.25, 0.3) is 0 Å². The highest BCUT2D eigenvalue weighted by molar-refractivity contribution is 5.79. The van der Waals surface area contributed by atoms with Gasteiger partial charge in [0.1, 0.15) is 0 Å². The van der Waals surface area contributed by atoms with Crippen molar-refractivity contribution in [1.82, 2.24) is 10.6 Å². The van der Waals surface area contributed by atoms with Crippen LogP contribution in [0.1, 0.15) is 24.8 Å². The summed E-state index contributed by atoms with van der Waals surface area (Å²) in [6, 6.07) is 10.7. The molecule has 2 N–H and O–H groups in total. The third-order valence-corrected chi connectivity index (χ3v) is 4.83. The van der Waals surface area contributed by atoms with Crippen LogP contribution in [-0.4, -0.2) is 25.5 Å². The summed E-state index contributed by atoms with van der Waals surface area (Å²) in [7, 11) is 0. The highest BCUT2D eigenvalue weighted by Gasteiger charge is 2.29. The van der Waals surface area contributed by atoms with Crippen molar-refractivity contribution in [2.24, 2.45) is 17.8 Å². The number of carbonyl (C=O) groups is 1. The van der Waals surface area contributed by atoms with Gasteiger partial charge in [-0.05, 0) is 49.8 Å². The fourth-order valence-electron chi connectivity index (χ4n) is 3.23. The first-order valence-corrected chi connectivity index (χ1v) is 7.85. The summed E-state index contributed by atoms with van der Waals surface area (Å²) in [6.45, 7) is 2.93. The van der Waals surface area contributed by atoms with Crippen molar-refractivity contribution in [1.29, 1.82) is 0 Å². The molecule has 0 bridgehead atoms. The maximum absolute atomic E-state index is 11.9. The van der Waals surface area contributed by atoms with E-state index < -0.39 is 0 Å². The molecule has 1 heterocycles. The SMILES string of the molecule is O=C(NC[C@@H]1CNC[C@H]1Cc1ccccc1)C1CCC1. The van der Waals surface area contributed by atoms with Crippen molar-refractivity contribution in [2.75, 3.05) is 19.6 Å². The first-order valence-electron chi connectivity index (χ1n) is 7.85. The zero-order valence-electron chi connectivity index (χ0n) is 12.0. The molecule has 0 radical (unpaired) electrons. The van der Waals surface area contributed by atoms with Gasteiger partial charge in [-0.1, -0.05) is 36.8 Å². The van der Waals surface area contributed by atoms with Gasteiger partial charge >= 0.3 is 0 Å². The van der Waals surface area contributed by atoms with Crippen molar-refractivity contribution in [3.05, 3.63) is 35.9 Å². The molecule has 0 aromatic heterocycles. The summed E-state index contributed by atoms with van der Waals surface area (Å²) in [5.41, 5.74) is 1.40. The maximum atomic E-state index is 11.9. The number of rotatable bonds is 5. The highest BCUT2D eigenvalue weighted by Crippen LogP contribution is 2.27. The molecule has 2 aliphatic rings. The normalized spacial score (nSPS) is 26.2. The minimum Gasteiger partial charge on any atom is -0.356 e. The molecule has 3 nitrogen and oxygen atoms in total. The molecule has 1 aliphatic carbocycles. The lowest BCUT2D eigenvalue weighted by Gasteiger charge is -2.26. The van der Waals surface area contributed by atoms with E-state index in [4.69, 9.17) is 0 Å². The lowest BCUT2D eigenvalue weighted by Crippen LogP contribution is -2.39. The number of benzene rings is 1. The molecule has 108 valence electrons. The summed E-state index contributed by atoms with van der Waals surface area (Å²) in [5, 5.41) is 6.64. The van der Waals surface area contributed by atoms with Crippen LogP contribution in [0.15, 0.2) is 30.3 Å². The van der Waals surface area contributed by atoms with E-state index >= 15 is 0 Å². The number of hydrogen-bond donors (Lipinski definition) is 2. The van der Waals surface area contributed by atoms with Gasteiger partial charge in [-0.25, -0.2) is 0 Å². The second-order valence-electron chi connectivity index (χ2n) is 6.24. The molecule has 1 aliphatic heterocycles. The van der Waals surface area contributed by atoms with Crippen LogP contribution in [0.25, 0.3) is 0 Å². The Morgan fingerprint density at radius 2 is 1.90 bits per heavy atom. The predicted molar refractivity (Wildman–Crippen MR) is 80.3 cm³/mol. The topological polar surface area (TPSA) is 41.1 Å². The molecule has 1 aromatic rings. The highest BCUT2D eigenvalue weighted by atomic mass is 16.1. The van der Waals surface area contributed by atoms with Crippen LogP contribution in [0.5, 0.6) is 0 Å². The number of nitrogens with one attached hydrogen (secondary N) is 2. The lowest BCUT2D eigenvalue weighted by atomic mass is 9.84. The minimum atomic E-state index is 0.279. The van der Waals surface area contributed by atoms with E-state index in [1.807, 2.05) is 0 Å². The van der Waals surface area contributed by atoms with Gasteiger partial charge in [-0.15, -0.1) is 0 Å². The molecule has 3 rings (SSSR count). The van der Waals surface area contributed by atoms with Crippen molar-refractivity contribution in [2.45, 2.75) is 25.7 Å². The summed E-state index contributed by atoms with van der Waals surface area (Å²) < 4.78 is 0. The molecule has 1 saturated heterocycles. The van der Waals surface area contributed by atoms with Gasteiger partial charge in [-0.3, -0.25) is 4.79 Å². The van der Waals surface area contributed by atoms with Crippen LogP contribution >= 0.6 is 0 Å². The fraction of sp³-hybridized carbons (Fsp3) is 0.588. The lowest BCUT2D eigenvalue weighted by molar-refractivity contribution is -0.127. The van der Waals surface area contributed by atoms with Crippen LogP contribution in [0, 0.1) is 17.8 Å². The molecule has 3 heteroatoms. The third-order valence-electron chi connectivity index (χ3n) is 4.83. The average molecular weight is 272 g/mol. The monoisotopic (exact) mass is 272 g/mol. The molecular formula is C17H24N2O. The zero-order chi connectivity index (χ0) is 13.8. The zero-order valence-corrected chi connectivity index (χ0v) is 12.0. The maximum Gasteiger partial charge on any atom is 0.223 e. The van der Waals surface area contributed by atoms with Crippen LogP contribution in [0.2, 0.25) is 0 Å². The van der Waals surface area contributed by atoms with E-state index in [-0.39, 0.29) is 5.91 Å². The summed E-state index contributed by atoms with van der Waals surface area (Å²) in [4.78, 5) is 11.9. The fourth-order valence-corrected chi connectivity index (χ4v) is 3.23. The van der Waals surface area contributed by atoms with E-state index in [9.17, 15) is 4.79 Å². The molecular weight excluding hydrogens is 248 g/mol. The predicted octanol–water partition coefficient (Wildman–Crippen LogP) is 1.98. The summed E-state index contributed by atoms with van der Waals surface area (Å²) in [6.07, 6.45) is 4.50. The van der Waals surface area contributed by atoms with Gasteiger partial charge in [0.05, 0.1) is 0 Å².